The van der Waals surface area contributed by atoms with Crippen molar-refractivity contribution in [1.82, 2.24) is 19.7 Å². The van der Waals surface area contributed by atoms with Crippen LogP contribution in [0.1, 0.15) is 18.9 Å². The lowest BCUT2D eigenvalue weighted by atomic mass is 10.2. The Balaban J connectivity index is 1.29. The van der Waals surface area contributed by atoms with Crippen molar-refractivity contribution in [2.75, 3.05) is 36.8 Å². The highest BCUT2D eigenvalue weighted by Crippen LogP contribution is 2.29. The van der Waals surface area contributed by atoms with E-state index in [1.165, 1.54) is 17.4 Å². The molecule has 3 aromatic rings. The molecule has 1 aliphatic heterocycles. The van der Waals surface area contributed by atoms with E-state index in [2.05, 4.69) is 27.2 Å². The summed E-state index contributed by atoms with van der Waals surface area (Å²) >= 11 is 7.58. The van der Waals surface area contributed by atoms with Gasteiger partial charge >= 0.3 is 0 Å². The Hall–Kier alpha value is -2.71. The summed E-state index contributed by atoms with van der Waals surface area (Å²) in [6.45, 7) is 5.03. The van der Waals surface area contributed by atoms with Gasteiger partial charge in [0.1, 0.15) is 5.75 Å². The molecule has 1 aromatic heterocycles. The molecule has 0 spiro atoms. The lowest BCUT2D eigenvalue weighted by Gasteiger charge is -2.36. The molecule has 0 saturated carbocycles. The van der Waals surface area contributed by atoms with E-state index >= 15 is 0 Å². The molecule has 2 aromatic carbocycles. The highest BCUT2D eigenvalue weighted by atomic mass is 35.5. The van der Waals surface area contributed by atoms with Gasteiger partial charge in [0, 0.05) is 38.9 Å². The smallest absolute Gasteiger partial charge is 0.233 e. The molecule has 1 fully saturated rings. The number of amides is 1. The highest BCUT2D eigenvalue weighted by molar-refractivity contribution is 7.99. The molecule has 4 rings (SSSR count). The summed E-state index contributed by atoms with van der Waals surface area (Å²) < 4.78 is 7.82. The molecule has 0 bridgehead atoms. The van der Waals surface area contributed by atoms with Crippen LogP contribution in [0.4, 0.5) is 5.69 Å². The molecule has 2 heterocycles. The van der Waals surface area contributed by atoms with E-state index in [1.807, 2.05) is 59.8 Å². The third-order valence-electron chi connectivity index (χ3n) is 5.45. The van der Waals surface area contributed by atoms with Crippen molar-refractivity contribution < 1.29 is 9.53 Å². The minimum Gasteiger partial charge on any atom is -0.481 e. The molecular weight excluding hydrogens is 446 g/mol. The maximum Gasteiger partial charge on any atom is 0.233 e. The normalized spacial score (nSPS) is 15.0. The van der Waals surface area contributed by atoms with Gasteiger partial charge in [-0.05, 0) is 31.2 Å². The summed E-state index contributed by atoms with van der Waals surface area (Å²) in [7, 11) is 1.88. The fourth-order valence-corrected chi connectivity index (χ4v) is 4.66. The van der Waals surface area contributed by atoms with Crippen molar-refractivity contribution in [3.63, 3.8) is 0 Å². The zero-order valence-electron chi connectivity index (χ0n) is 18.1. The van der Waals surface area contributed by atoms with E-state index in [0.717, 1.165) is 26.2 Å². The number of ether oxygens (including phenoxy) is 1. The molecule has 1 unspecified atom stereocenters. The molecule has 1 saturated heterocycles. The first kappa shape index (κ1) is 22.5. The number of hydrogen-bond acceptors (Lipinski definition) is 6. The first-order chi connectivity index (χ1) is 15.5. The summed E-state index contributed by atoms with van der Waals surface area (Å²) in [5.74, 6) is 1.73. The second-order valence-corrected chi connectivity index (χ2v) is 8.93. The van der Waals surface area contributed by atoms with Crippen molar-refractivity contribution in [1.29, 1.82) is 0 Å². The van der Waals surface area contributed by atoms with Gasteiger partial charge in [0.15, 0.2) is 17.1 Å². The lowest BCUT2D eigenvalue weighted by molar-refractivity contribution is -0.128. The number of para-hydroxylation sites is 2. The zero-order chi connectivity index (χ0) is 22.5. The standard InChI is InChI=1S/C23H26ClN5O2S/c1-17(31-20-11-7-6-10-19(20)24)22-25-26-23(27(22)2)32-16-21(30)29-14-12-28(13-15-29)18-8-4-3-5-9-18/h3-11,17H,12-16H2,1-2H3. The Labute approximate surface area is 197 Å². The number of anilines is 1. The number of hydrogen-bond donors (Lipinski definition) is 0. The van der Waals surface area contributed by atoms with Crippen LogP contribution in [-0.2, 0) is 11.8 Å². The molecule has 7 nitrogen and oxygen atoms in total. The Morgan fingerprint density at radius 1 is 1.06 bits per heavy atom. The average Bonchev–Trinajstić information content (AvgIpc) is 3.20. The van der Waals surface area contributed by atoms with Crippen LogP contribution in [0.2, 0.25) is 5.02 Å². The first-order valence-electron chi connectivity index (χ1n) is 10.5. The molecular formula is C23H26ClN5O2S. The summed E-state index contributed by atoms with van der Waals surface area (Å²) in [6, 6.07) is 17.6. The topological polar surface area (TPSA) is 63.5 Å². The number of carbonyl (C=O) groups excluding carboxylic acids is 1. The Bertz CT molecular complexity index is 1050. The van der Waals surface area contributed by atoms with Crippen LogP contribution in [-0.4, -0.2) is 57.5 Å². The minimum absolute atomic E-state index is 0.118. The maximum absolute atomic E-state index is 12.7. The third-order valence-corrected chi connectivity index (χ3v) is 6.77. The van der Waals surface area contributed by atoms with Gasteiger partial charge in [-0.15, -0.1) is 10.2 Å². The summed E-state index contributed by atoms with van der Waals surface area (Å²) in [4.78, 5) is 17.0. The number of nitrogens with zero attached hydrogens (tertiary/aromatic N) is 5. The van der Waals surface area contributed by atoms with Gasteiger partial charge in [-0.2, -0.15) is 0 Å². The molecule has 0 radical (unpaired) electrons. The number of carbonyl (C=O) groups is 1. The fraction of sp³-hybridized carbons (Fsp3) is 0.348. The van der Waals surface area contributed by atoms with Crippen LogP contribution in [0.25, 0.3) is 0 Å². The van der Waals surface area contributed by atoms with Crippen molar-refractivity contribution >= 4 is 35.0 Å². The SMILES string of the molecule is CC(Oc1ccccc1Cl)c1nnc(SCC(=O)N2CCN(c3ccccc3)CC2)n1C. The van der Waals surface area contributed by atoms with Gasteiger partial charge < -0.3 is 19.1 Å². The van der Waals surface area contributed by atoms with Gasteiger partial charge in [-0.1, -0.05) is 53.7 Å². The van der Waals surface area contributed by atoms with Gasteiger partial charge in [-0.25, -0.2) is 0 Å². The third kappa shape index (κ3) is 5.19. The van der Waals surface area contributed by atoms with Crippen molar-refractivity contribution in [2.24, 2.45) is 7.05 Å². The van der Waals surface area contributed by atoms with Crippen molar-refractivity contribution in [2.45, 2.75) is 18.2 Å². The largest absolute Gasteiger partial charge is 0.481 e. The maximum atomic E-state index is 12.7. The molecule has 168 valence electrons. The van der Waals surface area contributed by atoms with Crippen LogP contribution in [0, 0.1) is 0 Å². The van der Waals surface area contributed by atoms with E-state index in [1.54, 1.807) is 6.07 Å². The molecule has 9 heteroatoms. The number of thioether (sulfide) groups is 1. The predicted octanol–water partition coefficient (Wildman–Crippen LogP) is 4.05. The predicted molar refractivity (Wildman–Crippen MR) is 127 cm³/mol. The Kier molecular flexibility index (Phi) is 7.22. The Morgan fingerprint density at radius 2 is 1.75 bits per heavy atom. The van der Waals surface area contributed by atoms with E-state index in [9.17, 15) is 4.79 Å². The Morgan fingerprint density at radius 3 is 2.47 bits per heavy atom. The van der Waals surface area contributed by atoms with Gasteiger partial charge in [-0.3, -0.25) is 4.79 Å². The zero-order valence-corrected chi connectivity index (χ0v) is 19.7. The lowest BCUT2D eigenvalue weighted by Crippen LogP contribution is -2.49. The molecule has 1 aliphatic rings. The quantitative estimate of drug-likeness (QED) is 0.484. The van der Waals surface area contributed by atoms with E-state index in [0.29, 0.717) is 27.5 Å². The van der Waals surface area contributed by atoms with Crippen molar-refractivity contribution in [3.05, 3.63) is 65.4 Å². The molecule has 1 atom stereocenters. The van der Waals surface area contributed by atoms with E-state index < -0.39 is 0 Å². The number of rotatable bonds is 7. The second kappa shape index (κ2) is 10.3. The monoisotopic (exact) mass is 471 g/mol. The van der Waals surface area contributed by atoms with Gasteiger partial charge in [0.05, 0.1) is 10.8 Å². The van der Waals surface area contributed by atoms with Crippen LogP contribution in [0.15, 0.2) is 59.8 Å². The van der Waals surface area contributed by atoms with Gasteiger partial charge in [0.25, 0.3) is 0 Å². The summed E-state index contributed by atoms with van der Waals surface area (Å²) in [5, 5.41) is 9.76. The average molecular weight is 472 g/mol. The van der Waals surface area contributed by atoms with Crippen LogP contribution < -0.4 is 9.64 Å². The number of piperazine rings is 1. The summed E-state index contributed by atoms with van der Waals surface area (Å²) in [5.41, 5.74) is 1.20. The van der Waals surface area contributed by atoms with Crippen LogP contribution in [0.5, 0.6) is 5.75 Å². The molecule has 0 aliphatic carbocycles. The van der Waals surface area contributed by atoms with Crippen molar-refractivity contribution in [3.8, 4) is 5.75 Å². The molecule has 32 heavy (non-hydrogen) atoms. The van der Waals surface area contributed by atoms with E-state index in [4.69, 9.17) is 16.3 Å². The van der Waals surface area contributed by atoms with Gasteiger partial charge in [0.2, 0.25) is 5.91 Å². The highest BCUT2D eigenvalue weighted by Gasteiger charge is 2.23. The number of benzene rings is 2. The second-order valence-electron chi connectivity index (χ2n) is 7.58. The van der Waals surface area contributed by atoms with Crippen LogP contribution in [0.3, 0.4) is 0 Å². The van der Waals surface area contributed by atoms with Crippen LogP contribution >= 0.6 is 23.4 Å². The number of halogens is 1. The van der Waals surface area contributed by atoms with E-state index in [-0.39, 0.29) is 12.0 Å². The number of aromatic nitrogens is 3. The fourth-order valence-electron chi connectivity index (χ4n) is 3.66. The molecule has 1 amide bonds. The minimum atomic E-state index is -0.330. The first-order valence-corrected chi connectivity index (χ1v) is 11.9. The molecule has 0 N–H and O–H groups in total. The summed E-state index contributed by atoms with van der Waals surface area (Å²) in [6.07, 6.45) is -0.330.